The van der Waals surface area contributed by atoms with Crippen molar-refractivity contribution in [1.29, 1.82) is 0 Å². The second-order valence-corrected chi connectivity index (χ2v) is 8.66. The van der Waals surface area contributed by atoms with E-state index in [1.54, 1.807) is 0 Å². The summed E-state index contributed by atoms with van der Waals surface area (Å²) in [6, 6.07) is 19.9. The molecule has 3 aromatic carbocycles. The van der Waals surface area contributed by atoms with E-state index in [1.807, 2.05) is 24.3 Å². The van der Waals surface area contributed by atoms with Crippen molar-refractivity contribution in [3.63, 3.8) is 0 Å². The Hall–Kier alpha value is -3.47. The van der Waals surface area contributed by atoms with Crippen LogP contribution in [0.3, 0.4) is 0 Å². The Morgan fingerprint density at radius 1 is 0.853 bits per heavy atom. The normalized spacial score (nSPS) is 14.4. The van der Waals surface area contributed by atoms with Crippen molar-refractivity contribution in [3.8, 4) is 0 Å². The van der Waals surface area contributed by atoms with Gasteiger partial charge in [-0.2, -0.15) is 4.58 Å². The van der Waals surface area contributed by atoms with Gasteiger partial charge in [-0.15, -0.1) is 0 Å². The highest BCUT2D eigenvalue weighted by atomic mass is 19.1. The summed E-state index contributed by atoms with van der Waals surface area (Å²) >= 11 is 0. The van der Waals surface area contributed by atoms with Crippen LogP contribution in [-0.2, 0) is 6.54 Å². The molecule has 0 radical (unpaired) electrons. The largest absolute Gasteiger partial charge is 0.367 e. The van der Waals surface area contributed by atoms with E-state index in [0.717, 1.165) is 44.0 Å². The molecule has 5 heteroatoms. The van der Waals surface area contributed by atoms with Gasteiger partial charge in [-0.05, 0) is 75.4 Å². The van der Waals surface area contributed by atoms with Gasteiger partial charge in [-0.25, -0.2) is 8.78 Å². The molecule has 1 aliphatic heterocycles. The Labute approximate surface area is 201 Å². The molecule has 0 bridgehead atoms. The van der Waals surface area contributed by atoms with Gasteiger partial charge in [0.2, 0.25) is 5.69 Å². The Morgan fingerprint density at radius 3 is 2.12 bits per heavy atom. The van der Waals surface area contributed by atoms with Crippen LogP contribution in [-0.4, -0.2) is 30.4 Å². The molecule has 0 aromatic heterocycles. The minimum absolute atomic E-state index is 0.219. The lowest BCUT2D eigenvalue weighted by molar-refractivity contribution is -0.427. The van der Waals surface area contributed by atoms with Crippen LogP contribution >= 0.6 is 0 Å². The zero-order valence-electron chi connectivity index (χ0n) is 20.1. The molecule has 0 saturated carbocycles. The molecule has 34 heavy (non-hydrogen) atoms. The average Bonchev–Trinajstić information content (AvgIpc) is 3.30. The number of aryl methyl sites for hydroxylation is 1. The summed E-state index contributed by atoms with van der Waals surface area (Å²) in [5, 5.41) is 0. The summed E-state index contributed by atoms with van der Waals surface area (Å²) in [5.74, 6) is -0.441. The van der Waals surface area contributed by atoms with Crippen molar-refractivity contribution in [2.24, 2.45) is 0 Å². The lowest BCUT2D eigenvalue weighted by Gasteiger charge is -2.23. The first-order valence-corrected chi connectivity index (χ1v) is 11.9. The van der Waals surface area contributed by atoms with E-state index < -0.39 is 0 Å². The molecule has 0 atom stereocenters. The Morgan fingerprint density at radius 2 is 1.50 bits per heavy atom. The standard InChI is InChI=1S/C29H32F2N3/c1-4-32(27-11-7-25(30)8-12-27)19-23-16-17-34(20-23)29-15-6-22(3)18-24(29)21-33(5-2)28-13-9-26(31)10-14-28/h6-15,18-20H,4-5,16-17,21H2,1-3H3/q+1. The van der Waals surface area contributed by atoms with Gasteiger partial charge >= 0.3 is 0 Å². The van der Waals surface area contributed by atoms with Crippen LogP contribution in [0, 0.1) is 18.6 Å². The predicted molar refractivity (Wildman–Crippen MR) is 137 cm³/mol. The molecule has 3 nitrogen and oxygen atoms in total. The first-order chi connectivity index (χ1) is 16.5. The van der Waals surface area contributed by atoms with E-state index in [-0.39, 0.29) is 11.6 Å². The Bertz CT molecular complexity index is 1180. The monoisotopic (exact) mass is 460 g/mol. The molecule has 0 aliphatic carbocycles. The van der Waals surface area contributed by atoms with Crippen molar-refractivity contribution < 1.29 is 13.4 Å². The number of hydrogen-bond acceptors (Lipinski definition) is 2. The fourth-order valence-corrected chi connectivity index (χ4v) is 4.41. The molecule has 1 aliphatic rings. The maximum Gasteiger partial charge on any atom is 0.210 e. The van der Waals surface area contributed by atoms with Gasteiger partial charge in [0, 0.05) is 60.8 Å². The zero-order chi connectivity index (χ0) is 24.1. The van der Waals surface area contributed by atoms with Gasteiger partial charge in [0.25, 0.3) is 0 Å². The van der Waals surface area contributed by atoms with E-state index in [4.69, 9.17) is 0 Å². The summed E-state index contributed by atoms with van der Waals surface area (Å²) in [6.07, 6.45) is 5.33. The van der Waals surface area contributed by atoms with E-state index in [1.165, 1.54) is 46.7 Å². The minimum Gasteiger partial charge on any atom is -0.367 e. The fourth-order valence-electron chi connectivity index (χ4n) is 4.41. The minimum atomic E-state index is -0.222. The number of hydrogen-bond donors (Lipinski definition) is 0. The molecule has 176 valence electrons. The highest BCUT2D eigenvalue weighted by Crippen LogP contribution is 2.28. The average molecular weight is 461 g/mol. The lowest BCUT2D eigenvalue weighted by atomic mass is 10.1. The van der Waals surface area contributed by atoms with E-state index in [0.29, 0.717) is 0 Å². The van der Waals surface area contributed by atoms with Crippen LogP contribution in [0.5, 0.6) is 0 Å². The Balaban J connectivity index is 1.60. The maximum absolute atomic E-state index is 13.4. The van der Waals surface area contributed by atoms with Gasteiger partial charge < -0.3 is 9.80 Å². The van der Waals surface area contributed by atoms with E-state index in [2.05, 4.69) is 65.8 Å². The number of rotatable bonds is 8. The van der Waals surface area contributed by atoms with Gasteiger partial charge in [0.15, 0.2) is 12.8 Å². The molecule has 0 fully saturated rings. The fraction of sp³-hybridized carbons (Fsp3) is 0.276. The highest BCUT2D eigenvalue weighted by Gasteiger charge is 2.23. The predicted octanol–water partition coefficient (Wildman–Crippen LogP) is 6.83. The molecule has 4 rings (SSSR count). The quantitative estimate of drug-likeness (QED) is 0.341. The van der Waals surface area contributed by atoms with E-state index in [9.17, 15) is 8.78 Å². The summed E-state index contributed by atoms with van der Waals surface area (Å²) in [7, 11) is 0. The summed E-state index contributed by atoms with van der Waals surface area (Å²) < 4.78 is 29.1. The topological polar surface area (TPSA) is 9.49 Å². The molecule has 0 amide bonds. The molecule has 3 aromatic rings. The first kappa shape index (κ1) is 23.7. The maximum atomic E-state index is 13.4. The van der Waals surface area contributed by atoms with Gasteiger partial charge in [0.1, 0.15) is 11.6 Å². The highest BCUT2D eigenvalue weighted by molar-refractivity contribution is 5.78. The first-order valence-electron chi connectivity index (χ1n) is 11.9. The zero-order valence-corrected chi connectivity index (χ0v) is 20.1. The Kier molecular flexibility index (Phi) is 7.41. The van der Waals surface area contributed by atoms with Crippen LogP contribution in [0.25, 0.3) is 0 Å². The second-order valence-electron chi connectivity index (χ2n) is 8.66. The second kappa shape index (κ2) is 10.6. The third kappa shape index (κ3) is 5.53. The van der Waals surface area contributed by atoms with Crippen molar-refractivity contribution >= 4 is 23.3 Å². The van der Waals surface area contributed by atoms with Crippen molar-refractivity contribution in [2.75, 3.05) is 29.4 Å². The van der Waals surface area contributed by atoms with Crippen LogP contribution < -0.4 is 9.80 Å². The third-order valence-corrected chi connectivity index (χ3v) is 6.26. The lowest BCUT2D eigenvalue weighted by Crippen LogP contribution is -2.23. The summed E-state index contributed by atoms with van der Waals surface area (Å²) in [4.78, 5) is 4.41. The van der Waals surface area contributed by atoms with Crippen molar-refractivity contribution in [1.82, 2.24) is 0 Å². The van der Waals surface area contributed by atoms with Crippen LogP contribution in [0.1, 0.15) is 31.4 Å². The van der Waals surface area contributed by atoms with Crippen LogP contribution in [0.4, 0.5) is 25.8 Å². The van der Waals surface area contributed by atoms with Crippen LogP contribution in [0.2, 0.25) is 0 Å². The van der Waals surface area contributed by atoms with Gasteiger partial charge in [-0.1, -0.05) is 11.6 Å². The number of benzene rings is 3. The SMILES string of the molecule is CCN(/C=C1/C=[N+](c2ccc(C)cc2CN(CC)c2ccc(F)cc2)CC1)c1ccc(F)cc1. The number of halogens is 2. The molecular weight excluding hydrogens is 428 g/mol. The van der Waals surface area contributed by atoms with Crippen LogP contribution in [0.15, 0.2) is 78.5 Å². The van der Waals surface area contributed by atoms with Crippen molar-refractivity contribution in [2.45, 2.75) is 33.7 Å². The molecule has 0 spiro atoms. The number of anilines is 2. The summed E-state index contributed by atoms with van der Waals surface area (Å²) in [5.41, 5.74) is 6.90. The molecule has 0 unspecified atom stereocenters. The third-order valence-electron chi connectivity index (χ3n) is 6.26. The van der Waals surface area contributed by atoms with Gasteiger partial charge in [0.05, 0.1) is 0 Å². The van der Waals surface area contributed by atoms with Crippen molar-refractivity contribution in [3.05, 3.63) is 101 Å². The molecule has 1 heterocycles. The summed E-state index contributed by atoms with van der Waals surface area (Å²) in [6.45, 7) is 9.63. The van der Waals surface area contributed by atoms with Gasteiger partial charge in [-0.3, -0.25) is 0 Å². The molecule has 0 saturated heterocycles. The molecular formula is C29H32F2N3+. The smallest absolute Gasteiger partial charge is 0.210 e. The van der Waals surface area contributed by atoms with E-state index >= 15 is 0 Å². The number of nitrogens with zero attached hydrogens (tertiary/aromatic N) is 3. The molecule has 0 N–H and O–H groups in total.